The van der Waals surface area contributed by atoms with Crippen LogP contribution in [0.5, 0.6) is 0 Å². The summed E-state index contributed by atoms with van der Waals surface area (Å²) < 4.78 is 2.02. The molecule has 1 aliphatic carbocycles. The zero-order valence-electron chi connectivity index (χ0n) is 10.4. The number of aromatic nitrogens is 2. The summed E-state index contributed by atoms with van der Waals surface area (Å²) in [6.45, 7) is 0.879. The summed E-state index contributed by atoms with van der Waals surface area (Å²) in [6, 6.07) is 6.72. The number of nitrogens with zero attached hydrogens (tertiary/aromatic N) is 2. The first-order valence-electron chi connectivity index (χ1n) is 6.23. The smallest absolute Gasteiger partial charge is 0.139 e. The Morgan fingerprint density at radius 1 is 1.44 bits per heavy atom. The Kier molecular flexibility index (Phi) is 3.10. The molecule has 1 aromatic carbocycles. The summed E-state index contributed by atoms with van der Waals surface area (Å²) in [6.07, 6.45) is 6.36. The standard InChI is InChI=1S/C14H16ClN3/c1-18-7-6-16-14(18)13-8-11(15)3-2-10(13)9-17-12-4-5-12/h2-3,6-8,12,17H,4-5,9H2,1H3. The van der Waals surface area contributed by atoms with Crippen LogP contribution in [0.3, 0.4) is 0 Å². The molecule has 0 amide bonds. The van der Waals surface area contributed by atoms with E-state index in [1.54, 1.807) is 0 Å². The summed E-state index contributed by atoms with van der Waals surface area (Å²) in [4.78, 5) is 4.41. The summed E-state index contributed by atoms with van der Waals surface area (Å²) in [5.41, 5.74) is 2.36. The highest BCUT2D eigenvalue weighted by atomic mass is 35.5. The first-order chi connectivity index (χ1) is 8.74. The van der Waals surface area contributed by atoms with E-state index in [1.165, 1.54) is 18.4 Å². The summed E-state index contributed by atoms with van der Waals surface area (Å²) in [7, 11) is 2.00. The van der Waals surface area contributed by atoms with Crippen LogP contribution in [0.1, 0.15) is 18.4 Å². The predicted octanol–water partition coefficient (Wildman–Crippen LogP) is 2.99. The Labute approximate surface area is 112 Å². The average Bonchev–Trinajstić information content (AvgIpc) is 3.09. The molecule has 1 saturated carbocycles. The van der Waals surface area contributed by atoms with Crippen molar-refractivity contribution in [3.05, 3.63) is 41.2 Å². The molecule has 94 valence electrons. The summed E-state index contributed by atoms with van der Waals surface area (Å²) in [5, 5.41) is 4.29. The highest BCUT2D eigenvalue weighted by molar-refractivity contribution is 6.30. The van der Waals surface area contributed by atoms with Crippen molar-refractivity contribution in [2.45, 2.75) is 25.4 Å². The maximum atomic E-state index is 6.10. The first kappa shape index (κ1) is 11.8. The van der Waals surface area contributed by atoms with Crippen molar-refractivity contribution in [1.82, 2.24) is 14.9 Å². The fourth-order valence-corrected chi connectivity index (χ4v) is 2.25. The minimum Gasteiger partial charge on any atom is -0.334 e. The van der Waals surface area contributed by atoms with Crippen LogP contribution in [-0.4, -0.2) is 15.6 Å². The molecule has 0 atom stereocenters. The Hall–Kier alpha value is -1.32. The lowest BCUT2D eigenvalue weighted by Gasteiger charge is -2.11. The van der Waals surface area contributed by atoms with Gasteiger partial charge >= 0.3 is 0 Å². The van der Waals surface area contributed by atoms with E-state index in [4.69, 9.17) is 11.6 Å². The maximum Gasteiger partial charge on any atom is 0.139 e. The molecular weight excluding hydrogens is 246 g/mol. The van der Waals surface area contributed by atoms with Crippen LogP contribution < -0.4 is 5.32 Å². The second kappa shape index (κ2) is 4.75. The van der Waals surface area contributed by atoms with Crippen molar-refractivity contribution in [2.24, 2.45) is 7.05 Å². The topological polar surface area (TPSA) is 29.9 Å². The van der Waals surface area contributed by atoms with Gasteiger partial charge < -0.3 is 9.88 Å². The van der Waals surface area contributed by atoms with E-state index in [1.807, 2.05) is 36.1 Å². The van der Waals surface area contributed by atoms with Crippen molar-refractivity contribution in [1.29, 1.82) is 0 Å². The van der Waals surface area contributed by atoms with E-state index in [9.17, 15) is 0 Å². The van der Waals surface area contributed by atoms with E-state index in [0.29, 0.717) is 6.04 Å². The van der Waals surface area contributed by atoms with Crippen molar-refractivity contribution in [3.8, 4) is 11.4 Å². The molecule has 0 radical (unpaired) electrons. The second-order valence-electron chi connectivity index (χ2n) is 4.82. The van der Waals surface area contributed by atoms with Gasteiger partial charge in [-0.2, -0.15) is 0 Å². The van der Waals surface area contributed by atoms with Crippen LogP contribution in [0.15, 0.2) is 30.6 Å². The van der Waals surface area contributed by atoms with Gasteiger partial charge in [0.15, 0.2) is 0 Å². The minimum absolute atomic E-state index is 0.704. The third-order valence-corrected chi connectivity index (χ3v) is 3.53. The van der Waals surface area contributed by atoms with Gasteiger partial charge in [-0.05, 0) is 30.5 Å². The zero-order chi connectivity index (χ0) is 12.5. The number of nitrogens with one attached hydrogen (secondary N) is 1. The van der Waals surface area contributed by atoms with Gasteiger partial charge in [0.25, 0.3) is 0 Å². The Bertz CT molecular complexity index is 558. The minimum atomic E-state index is 0.704. The molecule has 0 spiro atoms. The van der Waals surface area contributed by atoms with Gasteiger partial charge in [0.05, 0.1) is 0 Å². The molecule has 4 heteroatoms. The number of imidazole rings is 1. The van der Waals surface area contributed by atoms with Gasteiger partial charge in [0.1, 0.15) is 5.82 Å². The third kappa shape index (κ3) is 2.42. The van der Waals surface area contributed by atoms with Gasteiger partial charge in [-0.25, -0.2) is 4.98 Å². The molecule has 1 aliphatic rings. The van der Waals surface area contributed by atoms with Gasteiger partial charge in [-0.1, -0.05) is 17.7 Å². The molecule has 1 aromatic heterocycles. The largest absolute Gasteiger partial charge is 0.334 e. The molecule has 0 unspecified atom stereocenters. The zero-order valence-corrected chi connectivity index (χ0v) is 11.1. The van der Waals surface area contributed by atoms with E-state index in [0.717, 1.165) is 23.0 Å². The summed E-state index contributed by atoms with van der Waals surface area (Å²) in [5.74, 6) is 0.963. The van der Waals surface area contributed by atoms with E-state index >= 15 is 0 Å². The molecule has 0 saturated heterocycles. The highest BCUT2D eigenvalue weighted by Crippen LogP contribution is 2.27. The van der Waals surface area contributed by atoms with Gasteiger partial charge in [0, 0.05) is 42.6 Å². The van der Waals surface area contributed by atoms with Gasteiger partial charge in [-0.15, -0.1) is 0 Å². The predicted molar refractivity (Wildman–Crippen MR) is 73.5 cm³/mol. The number of aryl methyl sites for hydroxylation is 1. The number of rotatable bonds is 4. The second-order valence-corrected chi connectivity index (χ2v) is 5.25. The fourth-order valence-electron chi connectivity index (χ4n) is 2.08. The number of benzene rings is 1. The van der Waals surface area contributed by atoms with Crippen LogP contribution in [0, 0.1) is 0 Å². The van der Waals surface area contributed by atoms with Crippen LogP contribution in [0.4, 0.5) is 0 Å². The van der Waals surface area contributed by atoms with Crippen LogP contribution >= 0.6 is 11.6 Å². The lowest BCUT2D eigenvalue weighted by molar-refractivity contribution is 0.688. The molecular formula is C14H16ClN3. The molecule has 0 aliphatic heterocycles. The molecule has 18 heavy (non-hydrogen) atoms. The van der Waals surface area contributed by atoms with Crippen LogP contribution in [-0.2, 0) is 13.6 Å². The van der Waals surface area contributed by atoms with Gasteiger partial charge in [0.2, 0.25) is 0 Å². The normalized spacial score (nSPS) is 15.0. The lowest BCUT2D eigenvalue weighted by atomic mass is 10.1. The molecule has 1 N–H and O–H groups in total. The Morgan fingerprint density at radius 2 is 2.28 bits per heavy atom. The number of hydrogen-bond donors (Lipinski definition) is 1. The van der Waals surface area contributed by atoms with Crippen molar-refractivity contribution < 1.29 is 0 Å². The highest BCUT2D eigenvalue weighted by Gasteiger charge is 2.21. The maximum absolute atomic E-state index is 6.10. The third-order valence-electron chi connectivity index (χ3n) is 3.29. The molecule has 3 nitrogen and oxygen atoms in total. The van der Waals surface area contributed by atoms with Crippen molar-refractivity contribution >= 4 is 11.6 Å². The number of hydrogen-bond acceptors (Lipinski definition) is 2. The Morgan fingerprint density at radius 3 is 2.94 bits per heavy atom. The van der Waals surface area contributed by atoms with Gasteiger partial charge in [-0.3, -0.25) is 0 Å². The fraction of sp³-hybridized carbons (Fsp3) is 0.357. The van der Waals surface area contributed by atoms with E-state index in [-0.39, 0.29) is 0 Å². The first-order valence-corrected chi connectivity index (χ1v) is 6.61. The molecule has 2 aromatic rings. The molecule has 1 heterocycles. The van der Waals surface area contributed by atoms with E-state index in [2.05, 4.69) is 16.4 Å². The monoisotopic (exact) mass is 261 g/mol. The molecule has 3 rings (SSSR count). The number of halogens is 1. The van der Waals surface area contributed by atoms with Crippen molar-refractivity contribution in [2.75, 3.05) is 0 Å². The Balaban J connectivity index is 1.94. The summed E-state index contributed by atoms with van der Waals surface area (Å²) >= 11 is 6.10. The SMILES string of the molecule is Cn1ccnc1-c1cc(Cl)ccc1CNC1CC1. The molecule has 1 fully saturated rings. The quantitative estimate of drug-likeness (QED) is 0.917. The lowest BCUT2D eigenvalue weighted by Crippen LogP contribution is -2.16. The van der Waals surface area contributed by atoms with E-state index < -0.39 is 0 Å². The average molecular weight is 262 g/mol. The van der Waals surface area contributed by atoms with Crippen LogP contribution in [0.25, 0.3) is 11.4 Å². The van der Waals surface area contributed by atoms with Crippen molar-refractivity contribution in [3.63, 3.8) is 0 Å². The molecule has 0 bridgehead atoms. The van der Waals surface area contributed by atoms with Crippen LogP contribution in [0.2, 0.25) is 5.02 Å².